The quantitative estimate of drug-likeness (QED) is 0.594. The van der Waals surface area contributed by atoms with Crippen LogP contribution >= 0.6 is 0 Å². The van der Waals surface area contributed by atoms with E-state index in [1.165, 1.54) is 38.5 Å². The van der Waals surface area contributed by atoms with Gasteiger partial charge in [0.1, 0.15) is 0 Å². The smallest absolute Gasteiger partial charge is 0.0247 e. The van der Waals surface area contributed by atoms with Crippen molar-refractivity contribution >= 4 is 0 Å². The molecule has 6 nitrogen and oxygen atoms in total. The molecule has 0 aromatic rings. The van der Waals surface area contributed by atoms with Crippen molar-refractivity contribution in [3.63, 3.8) is 0 Å². The molecule has 0 aromatic carbocycles. The zero-order chi connectivity index (χ0) is 20.4. The van der Waals surface area contributed by atoms with Crippen LogP contribution in [0.15, 0.2) is 0 Å². The molecule has 3 saturated carbocycles. The SMILES string of the molecule is CN(C)C1CC(CN(C)C2CC(CN(C)C3CCC[C@H]3N)C[C@H]2N)CC[C@H]1N. The van der Waals surface area contributed by atoms with Gasteiger partial charge in [0.2, 0.25) is 0 Å². The van der Waals surface area contributed by atoms with E-state index >= 15 is 0 Å². The highest BCUT2D eigenvalue weighted by molar-refractivity contribution is 4.96. The third-order valence-electron chi connectivity index (χ3n) is 8.07. The summed E-state index contributed by atoms with van der Waals surface area (Å²) < 4.78 is 0. The van der Waals surface area contributed by atoms with Crippen molar-refractivity contribution < 1.29 is 0 Å². The van der Waals surface area contributed by atoms with Gasteiger partial charge in [-0.25, -0.2) is 0 Å². The Morgan fingerprint density at radius 1 is 0.607 bits per heavy atom. The van der Waals surface area contributed by atoms with Crippen LogP contribution < -0.4 is 17.2 Å². The molecule has 3 aliphatic carbocycles. The molecule has 3 rings (SSSR count). The van der Waals surface area contributed by atoms with Crippen molar-refractivity contribution in [1.82, 2.24) is 14.7 Å². The fourth-order valence-corrected chi connectivity index (χ4v) is 6.43. The van der Waals surface area contributed by atoms with Gasteiger partial charge in [-0.15, -0.1) is 0 Å². The Morgan fingerprint density at radius 2 is 1.21 bits per heavy atom. The molecule has 5 unspecified atom stereocenters. The van der Waals surface area contributed by atoms with E-state index in [1.54, 1.807) is 0 Å². The second-order valence-corrected chi connectivity index (χ2v) is 10.5. The van der Waals surface area contributed by atoms with Crippen LogP contribution in [0.4, 0.5) is 0 Å². The number of nitrogens with zero attached hydrogens (tertiary/aromatic N) is 3. The van der Waals surface area contributed by atoms with Gasteiger partial charge < -0.3 is 31.9 Å². The van der Waals surface area contributed by atoms with Crippen molar-refractivity contribution in [1.29, 1.82) is 0 Å². The van der Waals surface area contributed by atoms with E-state index in [9.17, 15) is 0 Å². The lowest BCUT2D eigenvalue weighted by Gasteiger charge is -2.40. The summed E-state index contributed by atoms with van der Waals surface area (Å²) in [5, 5.41) is 0. The molecule has 3 aliphatic rings. The van der Waals surface area contributed by atoms with Gasteiger partial charge in [0, 0.05) is 49.3 Å². The average Bonchev–Trinajstić information content (AvgIpc) is 3.21. The van der Waals surface area contributed by atoms with Crippen LogP contribution in [0.25, 0.3) is 0 Å². The monoisotopic (exact) mass is 394 g/mol. The molecule has 28 heavy (non-hydrogen) atoms. The molecular weight excluding hydrogens is 348 g/mol. The highest BCUT2D eigenvalue weighted by Crippen LogP contribution is 2.33. The van der Waals surface area contributed by atoms with E-state index in [0.29, 0.717) is 42.2 Å². The lowest BCUT2D eigenvalue weighted by Crippen LogP contribution is -2.51. The van der Waals surface area contributed by atoms with Crippen LogP contribution in [0, 0.1) is 11.8 Å². The normalized spacial score (nSPS) is 42.2. The molecule has 164 valence electrons. The van der Waals surface area contributed by atoms with Gasteiger partial charge in [0.15, 0.2) is 0 Å². The molecule has 0 spiro atoms. The number of rotatable bonds is 7. The van der Waals surface area contributed by atoms with Crippen molar-refractivity contribution in [3.05, 3.63) is 0 Å². The minimum atomic E-state index is 0.302. The molecule has 0 aromatic heterocycles. The molecular formula is C22H46N6. The Hall–Kier alpha value is -0.240. The highest BCUT2D eigenvalue weighted by atomic mass is 15.2. The predicted octanol–water partition coefficient (Wildman–Crippen LogP) is 0.893. The summed E-state index contributed by atoms with van der Waals surface area (Å²) in [5.41, 5.74) is 19.3. The first-order valence-corrected chi connectivity index (χ1v) is 11.6. The molecule has 0 aliphatic heterocycles. The maximum Gasteiger partial charge on any atom is 0.0247 e. The zero-order valence-electron chi connectivity index (χ0n) is 18.8. The topological polar surface area (TPSA) is 87.8 Å². The number of hydrogen-bond acceptors (Lipinski definition) is 6. The van der Waals surface area contributed by atoms with Crippen LogP contribution in [0.5, 0.6) is 0 Å². The zero-order valence-corrected chi connectivity index (χ0v) is 18.8. The second-order valence-electron chi connectivity index (χ2n) is 10.5. The Morgan fingerprint density at radius 3 is 1.86 bits per heavy atom. The molecule has 0 amide bonds. The molecule has 8 atom stereocenters. The number of nitrogens with two attached hydrogens (primary N) is 3. The lowest BCUT2D eigenvalue weighted by molar-refractivity contribution is 0.117. The Balaban J connectivity index is 1.48. The standard InChI is InChI=1S/C22H46N6/c1-26(2)21-11-15(8-9-18(21)24)13-28(4)22-12-16(10-19(22)25)14-27(3)20-7-5-6-17(20)23/h15-22H,5-14,23-25H2,1-4H3/t15?,16?,17-,18-,19-,20?,21?,22?/m1/s1. The molecule has 0 saturated heterocycles. The summed E-state index contributed by atoms with van der Waals surface area (Å²) >= 11 is 0. The first-order chi connectivity index (χ1) is 13.3. The van der Waals surface area contributed by atoms with Crippen molar-refractivity contribution in [2.24, 2.45) is 29.0 Å². The molecule has 6 heteroatoms. The van der Waals surface area contributed by atoms with Gasteiger partial charge in [-0.2, -0.15) is 0 Å². The third-order valence-corrected chi connectivity index (χ3v) is 8.07. The fourth-order valence-electron chi connectivity index (χ4n) is 6.43. The first kappa shape index (κ1) is 22.4. The fraction of sp³-hybridized carbons (Fsp3) is 1.00. The van der Waals surface area contributed by atoms with E-state index in [2.05, 4.69) is 42.9 Å². The van der Waals surface area contributed by atoms with Crippen LogP contribution in [-0.2, 0) is 0 Å². The third kappa shape index (κ3) is 5.27. The Bertz CT molecular complexity index is 486. The summed E-state index contributed by atoms with van der Waals surface area (Å²) in [6.07, 6.45) is 9.72. The van der Waals surface area contributed by atoms with Gasteiger partial charge in [-0.1, -0.05) is 6.42 Å². The van der Waals surface area contributed by atoms with Crippen molar-refractivity contribution in [2.45, 2.75) is 87.6 Å². The van der Waals surface area contributed by atoms with Crippen LogP contribution in [0.2, 0.25) is 0 Å². The Kier molecular flexibility index (Phi) is 7.79. The van der Waals surface area contributed by atoms with Gasteiger partial charge in [-0.05, 0) is 85.0 Å². The van der Waals surface area contributed by atoms with Gasteiger partial charge >= 0.3 is 0 Å². The molecule has 0 radical (unpaired) electrons. The van der Waals surface area contributed by atoms with Crippen LogP contribution in [0.1, 0.15) is 51.4 Å². The van der Waals surface area contributed by atoms with Gasteiger partial charge in [-0.3, -0.25) is 0 Å². The van der Waals surface area contributed by atoms with Gasteiger partial charge in [0.25, 0.3) is 0 Å². The van der Waals surface area contributed by atoms with E-state index in [0.717, 1.165) is 31.8 Å². The molecule has 0 bridgehead atoms. The molecule has 6 N–H and O–H groups in total. The molecule has 0 heterocycles. The second kappa shape index (κ2) is 9.71. The summed E-state index contributed by atoms with van der Waals surface area (Å²) in [6.45, 7) is 2.31. The summed E-state index contributed by atoms with van der Waals surface area (Å²) in [6, 6.07) is 2.59. The maximum atomic E-state index is 6.62. The number of likely N-dealkylation sites (N-methyl/N-ethyl adjacent to an activating group) is 3. The van der Waals surface area contributed by atoms with Crippen LogP contribution in [0.3, 0.4) is 0 Å². The lowest BCUT2D eigenvalue weighted by atomic mass is 9.81. The summed E-state index contributed by atoms with van der Waals surface area (Å²) in [4.78, 5) is 7.42. The van der Waals surface area contributed by atoms with E-state index < -0.39 is 0 Å². The minimum absolute atomic E-state index is 0.302. The summed E-state index contributed by atoms with van der Waals surface area (Å²) in [7, 11) is 8.90. The predicted molar refractivity (Wildman–Crippen MR) is 118 cm³/mol. The highest BCUT2D eigenvalue weighted by Gasteiger charge is 2.38. The Labute approximate surface area is 173 Å². The molecule has 3 fully saturated rings. The van der Waals surface area contributed by atoms with Crippen molar-refractivity contribution in [2.75, 3.05) is 41.3 Å². The average molecular weight is 395 g/mol. The number of hydrogen-bond donors (Lipinski definition) is 3. The van der Waals surface area contributed by atoms with E-state index in [1.807, 2.05) is 0 Å². The van der Waals surface area contributed by atoms with E-state index in [4.69, 9.17) is 17.2 Å². The largest absolute Gasteiger partial charge is 0.326 e. The first-order valence-electron chi connectivity index (χ1n) is 11.6. The van der Waals surface area contributed by atoms with Gasteiger partial charge in [0.05, 0.1) is 0 Å². The minimum Gasteiger partial charge on any atom is -0.326 e. The van der Waals surface area contributed by atoms with Crippen molar-refractivity contribution in [3.8, 4) is 0 Å². The van der Waals surface area contributed by atoms with E-state index in [-0.39, 0.29) is 0 Å². The summed E-state index contributed by atoms with van der Waals surface area (Å²) in [5.74, 6) is 1.44. The maximum absolute atomic E-state index is 6.62. The van der Waals surface area contributed by atoms with Crippen LogP contribution in [-0.4, -0.2) is 92.2 Å².